The van der Waals surface area contributed by atoms with Crippen LogP contribution in [0.5, 0.6) is 0 Å². The number of nitrogens with two attached hydrogens (primary N) is 1. The topological polar surface area (TPSA) is 26.0 Å². The Balaban J connectivity index is 1.93. The molecule has 0 amide bonds. The van der Waals surface area contributed by atoms with Crippen LogP contribution >= 0.6 is 0 Å². The first-order valence-electron chi connectivity index (χ1n) is 10.6. The minimum Gasteiger partial charge on any atom is -0.325 e. The van der Waals surface area contributed by atoms with Crippen molar-refractivity contribution in [1.82, 2.24) is 0 Å². The van der Waals surface area contributed by atoms with Crippen LogP contribution in [-0.2, 0) is 0 Å². The third-order valence-electron chi connectivity index (χ3n) is 8.17. The summed E-state index contributed by atoms with van der Waals surface area (Å²) in [7, 11) is 2.74. The lowest BCUT2D eigenvalue weighted by molar-refractivity contribution is 0.0949. The van der Waals surface area contributed by atoms with E-state index >= 15 is 0 Å². The molecule has 0 atom stereocenters. The zero-order valence-electron chi connectivity index (χ0n) is 17.6. The van der Waals surface area contributed by atoms with Crippen LogP contribution in [0.3, 0.4) is 0 Å². The molecular weight excluding hydrogens is 289 g/mol. The van der Waals surface area contributed by atoms with Crippen molar-refractivity contribution in [3.05, 3.63) is 0 Å². The second-order valence-electron chi connectivity index (χ2n) is 11.0. The third kappa shape index (κ3) is 4.60. The van der Waals surface area contributed by atoms with E-state index in [0.29, 0.717) is 16.6 Å². The van der Waals surface area contributed by atoms with E-state index in [4.69, 9.17) is 5.73 Å². The van der Waals surface area contributed by atoms with Crippen molar-refractivity contribution in [2.24, 2.45) is 28.9 Å². The van der Waals surface area contributed by atoms with Crippen LogP contribution in [0.4, 0.5) is 0 Å². The first kappa shape index (κ1) is 20.3. The van der Waals surface area contributed by atoms with E-state index in [0.717, 1.165) is 17.7 Å². The van der Waals surface area contributed by atoms with Crippen molar-refractivity contribution < 1.29 is 0 Å². The maximum Gasteiger partial charge on any atom is 0.122 e. The molecule has 2 rings (SSSR count). The molecule has 0 heterocycles. The Hall–Kier alpha value is 0.0249. The largest absolute Gasteiger partial charge is 0.325 e. The van der Waals surface area contributed by atoms with Gasteiger partial charge in [-0.3, -0.25) is 0 Å². The second-order valence-corrected chi connectivity index (χ2v) is 11.0. The van der Waals surface area contributed by atoms with Gasteiger partial charge in [0.1, 0.15) is 7.28 Å². The van der Waals surface area contributed by atoms with E-state index < -0.39 is 0 Å². The molecule has 2 saturated carbocycles. The average Bonchev–Trinajstić information content (AvgIpc) is 2.46. The molecule has 0 saturated heterocycles. The molecule has 2 heteroatoms. The van der Waals surface area contributed by atoms with Gasteiger partial charge in [-0.15, -0.1) is 0 Å². The van der Waals surface area contributed by atoms with Gasteiger partial charge in [0.15, 0.2) is 0 Å². The molecule has 0 bridgehead atoms. The van der Waals surface area contributed by atoms with E-state index in [1.807, 2.05) is 0 Å². The highest BCUT2D eigenvalue weighted by atomic mass is 14.7. The fraction of sp³-hybridized carbons (Fsp3) is 1.00. The molecule has 1 nitrogen and oxygen atoms in total. The van der Waals surface area contributed by atoms with Gasteiger partial charge >= 0.3 is 0 Å². The van der Waals surface area contributed by atoms with Gasteiger partial charge < -0.3 is 5.73 Å². The molecule has 0 spiro atoms. The van der Waals surface area contributed by atoms with Crippen LogP contribution in [0.25, 0.3) is 0 Å². The molecule has 2 fully saturated rings. The molecular formula is C22H43BN. The van der Waals surface area contributed by atoms with Gasteiger partial charge in [-0.25, -0.2) is 0 Å². The molecule has 1 radical (unpaired) electrons. The summed E-state index contributed by atoms with van der Waals surface area (Å²) in [5.41, 5.74) is 6.75. The summed E-state index contributed by atoms with van der Waals surface area (Å²) in [6, 6.07) is 0. The first-order chi connectivity index (χ1) is 10.9. The Morgan fingerprint density at radius 3 is 1.62 bits per heavy atom. The summed E-state index contributed by atoms with van der Waals surface area (Å²) in [6.07, 6.45) is 11.0. The lowest BCUT2D eigenvalue weighted by Gasteiger charge is -2.51. The van der Waals surface area contributed by atoms with Crippen LogP contribution in [0.15, 0.2) is 0 Å². The lowest BCUT2D eigenvalue weighted by Crippen LogP contribution is -2.44. The van der Waals surface area contributed by atoms with Crippen molar-refractivity contribution in [2.75, 3.05) is 0 Å². The zero-order valence-corrected chi connectivity index (χ0v) is 17.6. The SMILES string of the molecule is CC1CCC(C(C)(C)C(C)(C)[B]C2CCC(C(C)(C)N)CC2)CC1. The molecule has 0 aromatic rings. The Morgan fingerprint density at radius 2 is 1.17 bits per heavy atom. The van der Waals surface area contributed by atoms with Crippen molar-refractivity contribution in [3.63, 3.8) is 0 Å². The molecule has 2 aliphatic rings. The van der Waals surface area contributed by atoms with Gasteiger partial charge in [0, 0.05) is 5.54 Å². The van der Waals surface area contributed by atoms with Gasteiger partial charge in [-0.1, -0.05) is 71.4 Å². The Labute approximate surface area is 153 Å². The fourth-order valence-electron chi connectivity index (χ4n) is 5.34. The van der Waals surface area contributed by atoms with Crippen molar-refractivity contribution in [2.45, 2.75) is 117 Å². The Bertz CT molecular complexity index is 391. The summed E-state index contributed by atoms with van der Waals surface area (Å²) in [5.74, 6) is 3.33. The standard InChI is InChI=1S/C22H43BN/c1-16-8-10-17(11-9-16)20(2,3)22(6,7)23-19-14-12-18(13-15-19)21(4,5)24/h16-19H,8-15,24H2,1-7H3. The molecule has 2 aliphatic carbocycles. The highest BCUT2D eigenvalue weighted by Crippen LogP contribution is 2.56. The Morgan fingerprint density at radius 1 is 0.708 bits per heavy atom. The predicted molar refractivity (Wildman–Crippen MR) is 109 cm³/mol. The molecule has 0 unspecified atom stereocenters. The van der Waals surface area contributed by atoms with E-state index in [1.54, 1.807) is 0 Å². The summed E-state index contributed by atoms with van der Waals surface area (Å²) >= 11 is 0. The van der Waals surface area contributed by atoms with E-state index in [-0.39, 0.29) is 5.54 Å². The summed E-state index contributed by atoms with van der Waals surface area (Å²) < 4.78 is 0. The summed E-state index contributed by atoms with van der Waals surface area (Å²) in [6.45, 7) is 16.9. The minimum atomic E-state index is -0.00144. The number of rotatable bonds is 5. The fourth-order valence-corrected chi connectivity index (χ4v) is 5.34. The van der Waals surface area contributed by atoms with Crippen LogP contribution in [0, 0.1) is 23.2 Å². The third-order valence-corrected chi connectivity index (χ3v) is 8.17. The monoisotopic (exact) mass is 332 g/mol. The summed E-state index contributed by atoms with van der Waals surface area (Å²) in [5, 5.41) is 0.313. The minimum absolute atomic E-state index is 0.00144. The molecule has 2 N–H and O–H groups in total. The Kier molecular flexibility index (Phi) is 6.22. The summed E-state index contributed by atoms with van der Waals surface area (Å²) in [4.78, 5) is 0. The maximum absolute atomic E-state index is 6.35. The second kappa shape index (κ2) is 7.33. The molecule has 0 aliphatic heterocycles. The zero-order chi connectivity index (χ0) is 18.2. The van der Waals surface area contributed by atoms with Gasteiger partial charge in [-0.05, 0) is 62.7 Å². The van der Waals surface area contributed by atoms with Gasteiger partial charge in [0.05, 0.1) is 0 Å². The lowest BCUT2D eigenvalue weighted by atomic mass is 9.35. The van der Waals surface area contributed by atoms with E-state index in [9.17, 15) is 0 Å². The van der Waals surface area contributed by atoms with Crippen LogP contribution in [0.2, 0.25) is 11.1 Å². The maximum atomic E-state index is 6.35. The van der Waals surface area contributed by atoms with E-state index in [1.165, 1.54) is 51.4 Å². The van der Waals surface area contributed by atoms with Gasteiger partial charge in [-0.2, -0.15) is 0 Å². The van der Waals surface area contributed by atoms with Crippen LogP contribution in [-0.4, -0.2) is 12.8 Å². The van der Waals surface area contributed by atoms with E-state index in [2.05, 4.69) is 55.7 Å². The normalized spacial score (nSPS) is 33.3. The van der Waals surface area contributed by atoms with Gasteiger partial charge in [0.25, 0.3) is 0 Å². The quantitative estimate of drug-likeness (QED) is 0.575. The van der Waals surface area contributed by atoms with Gasteiger partial charge in [0.2, 0.25) is 0 Å². The predicted octanol–water partition coefficient (Wildman–Crippen LogP) is 6.46. The smallest absolute Gasteiger partial charge is 0.122 e. The van der Waals surface area contributed by atoms with Crippen LogP contribution < -0.4 is 5.73 Å². The van der Waals surface area contributed by atoms with Crippen LogP contribution in [0.1, 0.15) is 99.8 Å². The highest BCUT2D eigenvalue weighted by molar-refractivity contribution is 6.42. The van der Waals surface area contributed by atoms with Crippen molar-refractivity contribution in [1.29, 1.82) is 0 Å². The number of hydrogen-bond acceptors (Lipinski definition) is 1. The molecule has 139 valence electrons. The van der Waals surface area contributed by atoms with Crippen molar-refractivity contribution in [3.8, 4) is 0 Å². The number of hydrogen-bond donors (Lipinski definition) is 1. The highest BCUT2D eigenvalue weighted by Gasteiger charge is 2.45. The molecule has 0 aromatic heterocycles. The average molecular weight is 332 g/mol. The first-order valence-corrected chi connectivity index (χ1v) is 10.6. The molecule has 24 heavy (non-hydrogen) atoms. The molecule has 0 aromatic carbocycles. The van der Waals surface area contributed by atoms with Crippen molar-refractivity contribution >= 4 is 7.28 Å².